The number of hydrogen-bond donors (Lipinski definition) is 3. The molecule has 0 saturated carbocycles. The SMILES string of the molecule is COc1cc(NC(=O)Nc2cccc(C(F)(F)F)c2)ccc1-c1csc2ncnc(N)c12. The van der Waals surface area contributed by atoms with Crippen molar-refractivity contribution < 1.29 is 22.7 Å². The van der Waals surface area contributed by atoms with E-state index in [0.717, 1.165) is 28.1 Å². The minimum absolute atomic E-state index is 0.0149. The van der Waals surface area contributed by atoms with Gasteiger partial charge in [0.2, 0.25) is 0 Å². The van der Waals surface area contributed by atoms with Gasteiger partial charge in [-0.2, -0.15) is 13.2 Å². The normalized spacial score (nSPS) is 11.4. The third-order valence-corrected chi connectivity index (χ3v) is 5.48. The van der Waals surface area contributed by atoms with Crippen LogP contribution in [0.3, 0.4) is 0 Å². The molecule has 32 heavy (non-hydrogen) atoms. The second-order valence-corrected chi connectivity index (χ2v) is 7.52. The monoisotopic (exact) mass is 459 g/mol. The number of nitrogen functional groups attached to an aromatic ring is 1. The number of carbonyl (C=O) groups is 1. The summed E-state index contributed by atoms with van der Waals surface area (Å²) in [6.07, 6.45) is -3.11. The molecular formula is C21H16F3N5O2S. The van der Waals surface area contributed by atoms with Gasteiger partial charge in [-0.05, 0) is 30.3 Å². The van der Waals surface area contributed by atoms with Gasteiger partial charge in [0.15, 0.2) is 0 Å². The van der Waals surface area contributed by atoms with Crippen molar-refractivity contribution in [1.82, 2.24) is 9.97 Å². The number of thiophene rings is 1. The molecule has 7 nitrogen and oxygen atoms in total. The van der Waals surface area contributed by atoms with Crippen molar-refractivity contribution in [3.63, 3.8) is 0 Å². The first-order valence-corrected chi connectivity index (χ1v) is 10.1. The topological polar surface area (TPSA) is 102 Å². The molecule has 4 rings (SSSR count). The molecule has 0 aliphatic rings. The number of hydrogen-bond acceptors (Lipinski definition) is 6. The number of halogens is 3. The highest BCUT2D eigenvalue weighted by molar-refractivity contribution is 7.17. The maximum absolute atomic E-state index is 12.9. The molecule has 2 aromatic heterocycles. The van der Waals surface area contributed by atoms with Crippen LogP contribution in [0.4, 0.5) is 35.2 Å². The second kappa shape index (κ2) is 8.35. The van der Waals surface area contributed by atoms with Gasteiger partial charge < -0.3 is 21.1 Å². The average molecular weight is 459 g/mol. The molecule has 2 amide bonds. The molecule has 11 heteroatoms. The molecule has 4 N–H and O–H groups in total. The molecule has 2 aromatic carbocycles. The van der Waals surface area contributed by atoms with Gasteiger partial charge in [0, 0.05) is 33.9 Å². The van der Waals surface area contributed by atoms with E-state index in [1.165, 1.54) is 36.9 Å². The van der Waals surface area contributed by atoms with Crippen LogP contribution in [0.15, 0.2) is 54.2 Å². The summed E-state index contributed by atoms with van der Waals surface area (Å²) in [7, 11) is 1.49. The molecular weight excluding hydrogens is 443 g/mol. The predicted molar refractivity (Wildman–Crippen MR) is 118 cm³/mol. The van der Waals surface area contributed by atoms with Crippen molar-refractivity contribution in [2.75, 3.05) is 23.5 Å². The van der Waals surface area contributed by atoms with Crippen LogP contribution in [-0.2, 0) is 6.18 Å². The van der Waals surface area contributed by atoms with Crippen molar-refractivity contribution in [3.8, 4) is 16.9 Å². The Morgan fingerprint density at radius 1 is 1.06 bits per heavy atom. The Labute approximate surface area is 184 Å². The molecule has 0 saturated heterocycles. The summed E-state index contributed by atoms with van der Waals surface area (Å²) in [5.74, 6) is 0.806. The number of methoxy groups -OCH3 is 1. The lowest BCUT2D eigenvalue weighted by Gasteiger charge is -2.13. The maximum atomic E-state index is 12.9. The van der Waals surface area contributed by atoms with Crippen LogP contribution in [0.5, 0.6) is 5.75 Å². The summed E-state index contributed by atoms with van der Waals surface area (Å²) in [5.41, 5.74) is 7.08. The van der Waals surface area contributed by atoms with Gasteiger partial charge in [-0.1, -0.05) is 6.07 Å². The molecule has 0 bridgehead atoms. The van der Waals surface area contributed by atoms with Crippen LogP contribution < -0.4 is 21.1 Å². The summed E-state index contributed by atoms with van der Waals surface area (Å²) in [6, 6.07) is 8.67. The smallest absolute Gasteiger partial charge is 0.416 e. The lowest BCUT2D eigenvalue weighted by Crippen LogP contribution is -2.19. The van der Waals surface area contributed by atoms with Crippen LogP contribution >= 0.6 is 11.3 Å². The van der Waals surface area contributed by atoms with Crippen LogP contribution in [0.25, 0.3) is 21.3 Å². The highest BCUT2D eigenvalue weighted by Gasteiger charge is 2.30. The number of aromatic nitrogens is 2. The largest absolute Gasteiger partial charge is 0.496 e. The lowest BCUT2D eigenvalue weighted by atomic mass is 10.0. The Hall–Kier alpha value is -3.86. The van der Waals surface area contributed by atoms with Gasteiger partial charge in [-0.15, -0.1) is 11.3 Å². The highest BCUT2D eigenvalue weighted by Crippen LogP contribution is 2.40. The molecule has 0 aliphatic carbocycles. The minimum Gasteiger partial charge on any atom is -0.496 e. The number of carbonyl (C=O) groups excluding carboxylic acids is 1. The van der Waals surface area contributed by atoms with Crippen LogP contribution in [0.1, 0.15) is 5.56 Å². The number of anilines is 3. The van der Waals surface area contributed by atoms with E-state index in [2.05, 4.69) is 20.6 Å². The predicted octanol–water partition coefficient (Wildman–Crippen LogP) is 5.61. The Balaban J connectivity index is 1.56. The van der Waals surface area contributed by atoms with E-state index in [4.69, 9.17) is 10.5 Å². The summed E-state index contributed by atoms with van der Waals surface area (Å²) < 4.78 is 44.0. The zero-order valence-electron chi connectivity index (χ0n) is 16.5. The van der Waals surface area contributed by atoms with E-state index >= 15 is 0 Å². The Morgan fingerprint density at radius 3 is 2.53 bits per heavy atom. The molecule has 0 aliphatic heterocycles. The van der Waals surface area contributed by atoms with Crippen LogP contribution in [0, 0.1) is 0 Å². The number of amides is 2. The van der Waals surface area contributed by atoms with Gasteiger partial charge in [-0.25, -0.2) is 14.8 Å². The lowest BCUT2D eigenvalue weighted by molar-refractivity contribution is -0.137. The fourth-order valence-electron chi connectivity index (χ4n) is 3.15. The third kappa shape index (κ3) is 4.28. The van der Waals surface area contributed by atoms with E-state index in [1.54, 1.807) is 18.2 Å². The van der Waals surface area contributed by atoms with Crippen LogP contribution in [-0.4, -0.2) is 23.1 Å². The minimum atomic E-state index is -4.50. The summed E-state index contributed by atoms with van der Waals surface area (Å²) >= 11 is 1.41. The number of urea groups is 1. The molecule has 4 aromatic rings. The van der Waals surface area contributed by atoms with Gasteiger partial charge in [0.05, 0.1) is 18.1 Å². The van der Waals surface area contributed by atoms with Crippen LogP contribution in [0.2, 0.25) is 0 Å². The van der Waals surface area contributed by atoms with Crippen molar-refractivity contribution in [2.45, 2.75) is 6.18 Å². The number of fused-ring (bicyclic) bond motifs is 1. The van der Waals surface area contributed by atoms with Gasteiger partial charge in [0.25, 0.3) is 0 Å². The molecule has 0 unspecified atom stereocenters. The third-order valence-electron chi connectivity index (χ3n) is 4.60. The fourth-order valence-corrected chi connectivity index (χ4v) is 4.07. The number of nitrogens with two attached hydrogens (primary N) is 1. The zero-order valence-corrected chi connectivity index (χ0v) is 17.3. The molecule has 2 heterocycles. The van der Waals surface area contributed by atoms with Crippen molar-refractivity contribution >= 4 is 44.8 Å². The van der Waals surface area contributed by atoms with E-state index in [0.29, 0.717) is 22.6 Å². The van der Waals surface area contributed by atoms with Gasteiger partial charge in [-0.3, -0.25) is 0 Å². The molecule has 0 atom stereocenters. The number of nitrogens with one attached hydrogen (secondary N) is 2. The summed E-state index contributed by atoms with van der Waals surface area (Å²) in [4.78, 5) is 21.3. The first-order chi connectivity index (χ1) is 15.3. The summed E-state index contributed by atoms with van der Waals surface area (Å²) in [6.45, 7) is 0. The zero-order chi connectivity index (χ0) is 22.9. The quantitative estimate of drug-likeness (QED) is 0.368. The molecule has 164 valence electrons. The number of ether oxygens (including phenoxy) is 1. The molecule has 0 spiro atoms. The average Bonchev–Trinajstić information content (AvgIpc) is 3.18. The Bertz CT molecular complexity index is 1310. The standard InChI is InChI=1S/C21H16F3N5O2S/c1-31-16-8-13(29-20(30)28-12-4-2-3-11(7-12)21(22,23)24)5-6-14(16)15-9-32-19-17(15)18(25)26-10-27-19/h2-10H,1H3,(H2,25,26,27)(H2,28,29,30). The Morgan fingerprint density at radius 2 is 1.81 bits per heavy atom. The molecule has 0 fully saturated rings. The second-order valence-electron chi connectivity index (χ2n) is 6.66. The van der Waals surface area contributed by atoms with Gasteiger partial charge in [0.1, 0.15) is 22.7 Å². The van der Waals surface area contributed by atoms with E-state index < -0.39 is 17.8 Å². The first kappa shape index (κ1) is 21.4. The molecule has 0 radical (unpaired) electrons. The van der Waals surface area contributed by atoms with E-state index in [9.17, 15) is 18.0 Å². The summed E-state index contributed by atoms with van der Waals surface area (Å²) in [5, 5.41) is 7.58. The van der Waals surface area contributed by atoms with E-state index in [-0.39, 0.29) is 5.69 Å². The first-order valence-electron chi connectivity index (χ1n) is 9.17. The Kier molecular flexibility index (Phi) is 5.57. The number of alkyl halides is 3. The van der Waals surface area contributed by atoms with E-state index in [1.807, 2.05) is 5.38 Å². The van der Waals surface area contributed by atoms with Crippen molar-refractivity contribution in [3.05, 3.63) is 59.7 Å². The van der Waals surface area contributed by atoms with Gasteiger partial charge >= 0.3 is 12.2 Å². The number of benzene rings is 2. The fraction of sp³-hybridized carbons (Fsp3) is 0.0952. The number of nitrogens with zero attached hydrogens (tertiary/aromatic N) is 2. The number of rotatable bonds is 4. The maximum Gasteiger partial charge on any atom is 0.416 e. The van der Waals surface area contributed by atoms with Crippen molar-refractivity contribution in [1.29, 1.82) is 0 Å². The van der Waals surface area contributed by atoms with Crippen molar-refractivity contribution in [2.24, 2.45) is 0 Å². The highest BCUT2D eigenvalue weighted by atomic mass is 32.1.